The highest BCUT2D eigenvalue weighted by Gasteiger charge is 2.16. The first-order valence-corrected chi connectivity index (χ1v) is 7.70. The van der Waals surface area contributed by atoms with Gasteiger partial charge in [-0.05, 0) is 49.2 Å². The molecule has 0 aromatic heterocycles. The van der Waals surface area contributed by atoms with E-state index in [0.717, 1.165) is 11.1 Å². The number of nitrogens with one attached hydrogen (secondary N) is 1. The summed E-state index contributed by atoms with van der Waals surface area (Å²) in [5.74, 6) is 0.209. The molecule has 2 aromatic carbocycles. The third-order valence-corrected chi connectivity index (χ3v) is 3.84. The fraction of sp³-hybridized carbons (Fsp3) is 0.263. The van der Waals surface area contributed by atoms with Crippen LogP contribution in [-0.4, -0.2) is 25.5 Å². The number of hydrogen-bond acceptors (Lipinski definition) is 3. The third-order valence-electron chi connectivity index (χ3n) is 3.84. The number of methoxy groups -OCH3 is 1. The second kappa shape index (κ2) is 7.64. The summed E-state index contributed by atoms with van der Waals surface area (Å²) in [6.45, 7) is 5.39. The van der Waals surface area contributed by atoms with Gasteiger partial charge in [0.2, 0.25) is 11.8 Å². The number of carbonyl (C=O) groups excluding carboxylic acids is 2. The lowest BCUT2D eigenvalue weighted by Gasteiger charge is -2.21. The van der Waals surface area contributed by atoms with E-state index < -0.39 is 0 Å². The van der Waals surface area contributed by atoms with Crippen LogP contribution in [0.2, 0.25) is 0 Å². The molecule has 0 aliphatic heterocycles. The van der Waals surface area contributed by atoms with Gasteiger partial charge in [0.15, 0.2) is 0 Å². The maximum absolute atomic E-state index is 12.3. The second-order valence-electron chi connectivity index (χ2n) is 5.65. The van der Waals surface area contributed by atoms with E-state index in [9.17, 15) is 9.59 Å². The van der Waals surface area contributed by atoms with Crippen LogP contribution in [0, 0.1) is 13.8 Å². The fourth-order valence-corrected chi connectivity index (χ4v) is 2.32. The third kappa shape index (κ3) is 4.35. The summed E-state index contributed by atoms with van der Waals surface area (Å²) in [6.07, 6.45) is 0. The first-order chi connectivity index (χ1) is 11.4. The molecule has 5 nitrogen and oxygen atoms in total. The molecular formula is C19H22N2O3. The van der Waals surface area contributed by atoms with E-state index >= 15 is 0 Å². The Morgan fingerprint density at radius 3 is 2.46 bits per heavy atom. The number of benzene rings is 2. The molecule has 0 unspecified atom stereocenters. The molecule has 24 heavy (non-hydrogen) atoms. The van der Waals surface area contributed by atoms with Crippen LogP contribution in [0.5, 0.6) is 5.75 Å². The summed E-state index contributed by atoms with van der Waals surface area (Å²) in [5.41, 5.74) is 3.56. The van der Waals surface area contributed by atoms with Gasteiger partial charge in [-0.15, -0.1) is 0 Å². The van der Waals surface area contributed by atoms with Crippen molar-refractivity contribution >= 4 is 23.2 Å². The Bertz CT molecular complexity index is 756. The zero-order valence-electron chi connectivity index (χ0n) is 14.4. The normalized spacial score (nSPS) is 10.2. The molecule has 0 bridgehead atoms. The number of aryl methyl sites for hydroxylation is 2. The van der Waals surface area contributed by atoms with Crippen LogP contribution in [0.3, 0.4) is 0 Å². The van der Waals surface area contributed by atoms with Crippen LogP contribution in [0.4, 0.5) is 11.4 Å². The van der Waals surface area contributed by atoms with E-state index in [2.05, 4.69) is 5.32 Å². The summed E-state index contributed by atoms with van der Waals surface area (Å²) in [5, 5.41) is 2.78. The average molecular weight is 326 g/mol. The van der Waals surface area contributed by atoms with Gasteiger partial charge in [0.05, 0.1) is 7.11 Å². The predicted octanol–water partition coefficient (Wildman–Crippen LogP) is 3.30. The van der Waals surface area contributed by atoms with E-state index in [1.807, 2.05) is 32.0 Å². The molecule has 1 N–H and O–H groups in total. The zero-order valence-corrected chi connectivity index (χ0v) is 14.4. The molecule has 0 radical (unpaired) electrons. The molecule has 0 aliphatic carbocycles. The Balaban J connectivity index is 2.13. The van der Waals surface area contributed by atoms with Crippen molar-refractivity contribution in [1.29, 1.82) is 0 Å². The standard InChI is InChI=1S/C19H22N2O3/c1-13-8-9-17(10-14(13)2)21(15(3)22)12-19(23)20-16-6-5-7-18(11-16)24-4/h5-11H,12H2,1-4H3,(H,20,23). The lowest BCUT2D eigenvalue weighted by molar-refractivity contribution is -0.120. The summed E-state index contributed by atoms with van der Waals surface area (Å²) in [7, 11) is 1.57. The Kier molecular flexibility index (Phi) is 5.58. The van der Waals surface area contributed by atoms with E-state index in [1.54, 1.807) is 31.4 Å². The largest absolute Gasteiger partial charge is 0.497 e. The molecule has 0 saturated carbocycles. The van der Waals surface area contributed by atoms with Crippen LogP contribution < -0.4 is 15.0 Å². The minimum Gasteiger partial charge on any atom is -0.497 e. The van der Waals surface area contributed by atoms with Gasteiger partial charge in [-0.3, -0.25) is 9.59 Å². The van der Waals surface area contributed by atoms with E-state index in [0.29, 0.717) is 17.1 Å². The number of anilines is 2. The summed E-state index contributed by atoms with van der Waals surface area (Å²) >= 11 is 0. The first-order valence-electron chi connectivity index (χ1n) is 7.70. The first kappa shape index (κ1) is 17.5. The van der Waals surface area contributed by atoms with Crippen LogP contribution in [0.25, 0.3) is 0 Å². The van der Waals surface area contributed by atoms with Gasteiger partial charge in [-0.2, -0.15) is 0 Å². The molecule has 0 atom stereocenters. The molecule has 0 saturated heterocycles. The van der Waals surface area contributed by atoms with Crippen molar-refractivity contribution in [2.75, 3.05) is 23.9 Å². The van der Waals surface area contributed by atoms with E-state index in [4.69, 9.17) is 4.74 Å². The van der Waals surface area contributed by atoms with Gasteiger partial charge in [0.1, 0.15) is 12.3 Å². The smallest absolute Gasteiger partial charge is 0.244 e. The van der Waals surface area contributed by atoms with Crippen molar-refractivity contribution in [3.8, 4) is 5.75 Å². The van der Waals surface area contributed by atoms with Crippen molar-refractivity contribution in [2.24, 2.45) is 0 Å². The summed E-state index contributed by atoms with van der Waals surface area (Å²) in [4.78, 5) is 25.7. The van der Waals surface area contributed by atoms with Crippen LogP contribution >= 0.6 is 0 Å². The molecule has 0 heterocycles. The predicted molar refractivity (Wildman–Crippen MR) is 95.6 cm³/mol. The number of nitrogens with zero attached hydrogens (tertiary/aromatic N) is 1. The molecule has 2 amide bonds. The fourth-order valence-electron chi connectivity index (χ4n) is 2.32. The highest BCUT2D eigenvalue weighted by molar-refractivity contribution is 6.01. The lowest BCUT2D eigenvalue weighted by atomic mass is 10.1. The monoisotopic (exact) mass is 326 g/mol. The van der Waals surface area contributed by atoms with Gasteiger partial charge in [-0.25, -0.2) is 0 Å². The Morgan fingerprint density at radius 2 is 1.83 bits per heavy atom. The summed E-state index contributed by atoms with van der Waals surface area (Å²) in [6, 6.07) is 12.8. The quantitative estimate of drug-likeness (QED) is 0.917. The van der Waals surface area contributed by atoms with Crippen molar-refractivity contribution in [2.45, 2.75) is 20.8 Å². The van der Waals surface area contributed by atoms with Gasteiger partial charge in [-0.1, -0.05) is 12.1 Å². The van der Waals surface area contributed by atoms with Crippen molar-refractivity contribution < 1.29 is 14.3 Å². The molecular weight excluding hydrogens is 304 g/mol. The van der Waals surface area contributed by atoms with Gasteiger partial charge in [0, 0.05) is 24.4 Å². The molecule has 0 fully saturated rings. The van der Waals surface area contributed by atoms with E-state index in [-0.39, 0.29) is 18.4 Å². The highest BCUT2D eigenvalue weighted by Crippen LogP contribution is 2.20. The molecule has 5 heteroatoms. The molecule has 0 spiro atoms. The second-order valence-corrected chi connectivity index (χ2v) is 5.65. The molecule has 126 valence electrons. The molecule has 0 aliphatic rings. The van der Waals surface area contributed by atoms with Gasteiger partial charge in [0.25, 0.3) is 0 Å². The van der Waals surface area contributed by atoms with Crippen molar-refractivity contribution in [1.82, 2.24) is 0 Å². The van der Waals surface area contributed by atoms with Crippen LogP contribution in [-0.2, 0) is 9.59 Å². The minimum atomic E-state index is -0.267. The summed E-state index contributed by atoms with van der Waals surface area (Å²) < 4.78 is 5.13. The minimum absolute atomic E-state index is 0.0466. The Morgan fingerprint density at radius 1 is 1.08 bits per heavy atom. The number of rotatable bonds is 5. The van der Waals surface area contributed by atoms with Crippen LogP contribution in [0.15, 0.2) is 42.5 Å². The average Bonchev–Trinajstić information content (AvgIpc) is 2.55. The maximum atomic E-state index is 12.3. The van der Waals surface area contributed by atoms with E-state index in [1.165, 1.54) is 11.8 Å². The Labute approximate surface area is 142 Å². The number of ether oxygens (including phenoxy) is 1. The number of hydrogen-bond donors (Lipinski definition) is 1. The zero-order chi connectivity index (χ0) is 17.7. The number of carbonyl (C=O) groups is 2. The topological polar surface area (TPSA) is 58.6 Å². The Hall–Kier alpha value is -2.82. The maximum Gasteiger partial charge on any atom is 0.244 e. The van der Waals surface area contributed by atoms with Gasteiger partial charge < -0.3 is 15.0 Å². The molecule has 2 rings (SSSR count). The van der Waals surface area contributed by atoms with Crippen LogP contribution in [0.1, 0.15) is 18.1 Å². The van der Waals surface area contributed by atoms with Crippen molar-refractivity contribution in [3.63, 3.8) is 0 Å². The molecule has 2 aromatic rings. The van der Waals surface area contributed by atoms with Crippen molar-refractivity contribution in [3.05, 3.63) is 53.6 Å². The highest BCUT2D eigenvalue weighted by atomic mass is 16.5. The number of amides is 2. The lowest BCUT2D eigenvalue weighted by Crippen LogP contribution is -2.36. The van der Waals surface area contributed by atoms with Gasteiger partial charge >= 0.3 is 0 Å². The SMILES string of the molecule is COc1cccc(NC(=O)CN(C(C)=O)c2ccc(C)c(C)c2)c1.